The van der Waals surface area contributed by atoms with Crippen LogP contribution in [0.1, 0.15) is 19.8 Å². The van der Waals surface area contributed by atoms with E-state index in [-0.39, 0.29) is 30.3 Å². The summed E-state index contributed by atoms with van der Waals surface area (Å²) in [6, 6.07) is 0.235. The second-order valence-electron chi connectivity index (χ2n) is 3.10. The van der Waals surface area contributed by atoms with Gasteiger partial charge in [0.15, 0.2) is 0 Å². The summed E-state index contributed by atoms with van der Waals surface area (Å²) in [6.45, 7) is 1.99. The molecule has 0 aromatic heterocycles. The number of nitrogens with two attached hydrogens (primary N) is 1. The van der Waals surface area contributed by atoms with Crippen LogP contribution in [0.25, 0.3) is 0 Å². The molecule has 3 atom stereocenters. The van der Waals surface area contributed by atoms with Gasteiger partial charge in [-0.3, -0.25) is 4.79 Å². The summed E-state index contributed by atoms with van der Waals surface area (Å²) in [5, 5.41) is 0. The molecule has 3 nitrogen and oxygen atoms in total. The van der Waals surface area contributed by atoms with E-state index in [1.165, 1.54) is 7.11 Å². The van der Waals surface area contributed by atoms with Crippen LogP contribution < -0.4 is 5.73 Å². The number of carbonyl (C=O) groups excluding carboxylic acids is 1. The molecular formula is C8H16ClNO2. The third-order valence-corrected chi connectivity index (χ3v) is 2.35. The molecule has 0 heterocycles. The Bertz CT molecular complexity index is 163. The van der Waals surface area contributed by atoms with E-state index in [4.69, 9.17) is 5.73 Å². The molecule has 0 aromatic carbocycles. The minimum atomic E-state index is -0.106. The molecule has 0 saturated heterocycles. The largest absolute Gasteiger partial charge is 0.469 e. The molecule has 0 aromatic rings. The second-order valence-corrected chi connectivity index (χ2v) is 3.10. The lowest BCUT2D eigenvalue weighted by atomic mass is 10.0. The van der Waals surface area contributed by atoms with Crippen LogP contribution in [0, 0.1) is 11.8 Å². The summed E-state index contributed by atoms with van der Waals surface area (Å²) >= 11 is 0. The van der Waals surface area contributed by atoms with Crippen molar-refractivity contribution in [3.8, 4) is 0 Å². The molecular weight excluding hydrogens is 178 g/mol. The molecule has 1 fully saturated rings. The van der Waals surface area contributed by atoms with Crippen molar-refractivity contribution >= 4 is 18.4 Å². The molecule has 0 radical (unpaired) electrons. The normalized spacial score (nSPS) is 28.6. The number of methoxy groups -OCH3 is 1. The first-order chi connectivity index (χ1) is 5.20. The summed E-state index contributed by atoms with van der Waals surface area (Å²) in [7, 11) is 1.43. The molecule has 1 aliphatic carbocycles. The smallest absolute Gasteiger partial charge is 0.308 e. The second kappa shape index (κ2) is 4.67. The van der Waals surface area contributed by atoms with E-state index in [1.807, 2.05) is 6.92 Å². The summed E-state index contributed by atoms with van der Waals surface area (Å²) in [6.07, 6.45) is 1.82. The lowest BCUT2D eigenvalue weighted by molar-refractivity contribution is -0.146. The SMILES string of the molecule is CCC(C(=O)OC)C1CC1N.Cl. The number of hydrogen-bond acceptors (Lipinski definition) is 3. The fraction of sp³-hybridized carbons (Fsp3) is 0.875. The van der Waals surface area contributed by atoms with Crippen LogP contribution in [-0.2, 0) is 9.53 Å². The molecule has 12 heavy (non-hydrogen) atoms. The summed E-state index contributed by atoms with van der Waals surface area (Å²) < 4.78 is 4.66. The van der Waals surface area contributed by atoms with E-state index in [2.05, 4.69) is 4.74 Å². The molecule has 1 rings (SSSR count). The Morgan fingerprint density at radius 2 is 2.25 bits per heavy atom. The zero-order valence-corrected chi connectivity index (χ0v) is 8.26. The number of carbonyl (C=O) groups is 1. The van der Waals surface area contributed by atoms with Gasteiger partial charge < -0.3 is 10.5 Å². The maximum absolute atomic E-state index is 11.1. The van der Waals surface area contributed by atoms with Crippen LogP contribution in [0.5, 0.6) is 0 Å². The highest BCUT2D eigenvalue weighted by Gasteiger charge is 2.43. The Balaban J connectivity index is 0.00000121. The first kappa shape index (κ1) is 11.7. The Kier molecular flexibility index (Phi) is 4.57. The maximum atomic E-state index is 11.1. The molecule has 0 amide bonds. The van der Waals surface area contributed by atoms with E-state index >= 15 is 0 Å². The van der Waals surface area contributed by atoms with Gasteiger partial charge in [0, 0.05) is 6.04 Å². The molecule has 0 aliphatic heterocycles. The van der Waals surface area contributed by atoms with Gasteiger partial charge in [0.1, 0.15) is 0 Å². The van der Waals surface area contributed by atoms with Crippen LogP contribution >= 0.6 is 12.4 Å². The molecule has 1 aliphatic rings. The molecule has 0 spiro atoms. The number of hydrogen-bond donors (Lipinski definition) is 1. The fourth-order valence-electron chi connectivity index (χ4n) is 1.49. The highest BCUT2D eigenvalue weighted by molar-refractivity contribution is 5.85. The van der Waals surface area contributed by atoms with Gasteiger partial charge in [0.2, 0.25) is 0 Å². The molecule has 1 saturated carbocycles. The van der Waals surface area contributed by atoms with Crippen molar-refractivity contribution in [2.45, 2.75) is 25.8 Å². The Morgan fingerprint density at radius 3 is 2.50 bits per heavy atom. The fourth-order valence-corrected chi connectivity index (χ4v) is 1.49. The van der Waals surface area contributed by atoms with Crippen molar-refractivity contribution in [1.29, 1.82) is 0 Å². The van der Waals surface area contributed by atoms with Gasteiger partial charge >= 0.3 is 5.97 Å². The molecule has 4 heteroatoms. The third kappa shape index (κ3) is 2.35. The van der Waals surface area contributed by atoms with Gasteiger partial charge in [0.25, 0.3) is 0 Å². The van der Waals surface area contributed by atoms with E-state index in [0.29, 0.717) is 5.92 Å². The molecule has 2 N–H and O–H groups in total. The number of rotatable bonds is 3. The van der Waals surface area contributed by atoms with Crippen molar-refractivity contribution in [1.82, 2.24) is 0 Å². The third-order valence-electron chi connectivity index (χ3n) is 2.35. The summed E-state index contributed by atoms with van der Waals surface area (Å²) in [4.78, 5) is 11.1. The molecule has 72 valence electrons. The predicted octanol–water partition coefficient (Wildman–Crippen LogP) is 0.955. The molecule has 0 bridgehead atoms. The molecule has 3 unspecified atom stereocenters. The first-order valence-electron chi connectivity index (χ1n) is 4.04. The number of ether oxygens (including phenoxy) is 1. The van der Waals surface area contributed by atoms with Gasteiger partial charge in [-0.15, -0.1) is 12.4 Å². The Hall–Kier alpha value is -0.280. The van der Waals surface area contributed by atoms with Gasteiger partial charge in [-0.05, 0) is 18.8 Å². The predicted molar refractivity (Wildman–Crippen MR) is 49.1 cm³/mol. The van der Waals surface area contributed by atoms with Gasteiger partial charge in [-0.2, -0.15) is 0 Å². The lowest BCUT2D eigenvalue weighted by Gasteiger charge is -2.10. The van der Waals surface area contributed by atoms with Crippen LogP contribution in [0.15, 0.2) is 0 Å². The standard InChI is InChI=1S/C8H15NO2.ClH/c1-3-5(8(10)11-2)6-4-7(6)9;/h5-7H,3-4,9H2,1-2H3;1H. The van der Waals surface area contributed by atoms with Gasteiger partial charge in [-0.1, -0.05) is 6.92 Å². The highest BCUT2D eigenvalue weighted by atomic mass is 35.5. The van der Waals surface area contributed by atoms with Crippen LogP contribution in [-0.4, -0.2) is 19.1 Å². The van der Waals surface area contributed by atoms with Crippen LogP contribution in [0.2, 0.25) is 0 Å². The maximum Gasteiger partial charge on any atom is 0.308 e. The van der Waals surface area contributed by atoms with Gasteiger partial charge in [-0.25, -0.2) is 0 Å². The Labute approximate surface area is 79.1 Å². The number of halogens is 1. The highest BCUT2D eigenvalue weighted by Crippen LogP contribution is 2.37. The minimum Gasteiger partial charge on any atom is -0.469 e. The summed E-state index contributed by atoms with van der Waals surface area (Å²) in [5.41, 5.74) is 5.63. The van der Waals surface area contributed by atoms with Crippen molar-refractivity contribution in [3.05, 3.63) is 0 Å². The number of esters is 1. The van der Waals surface area contributed by atoms with Crippen molar-refractivity contribution in [2.75, 3.05) is 7.11 Å². The van der Waals surface area contributed by atoms with Crippen molar-refractivity contribution in [2.24, 2.45) is 17.6 Å². The average Bonchev–Trinajstić information content (AvgIpc) is 2.68. The van der Waals surface area contributed by atoms with E-state index in [9.17, 15) is 4.79 Å². The average molecular weight is 194 g/mol. The summed E-state index contributed by atoms with van der Waals surface area (Å²) in [5.74, 6) is 0.313. The van der Waals surface area contributed by atoms with Crippen LogP contribution in [0.4, 0.5) is 0 Å². The first-order valence-corrected chi connectivity index (χ1v) is 4.04. The van der Waals surface area contributed by atoms with Gasteiger partial charge in [0.05, 0.1) is 13.0 Å². The van der Waals surface area contributed by atoms with Crippen molar-refractivity contribution in [3.63, 3.8) is 0 Å². The zero-order chi connectivity index (χ0) is 8.43. The lowest BCUT2D eigenvalue weighted by Crippen LogP contribution is -2.20. The topological polar surface area (TPSA) is 52.3 Å². The van der Waals surface area contributed by atoms with Crippen LogP contribution in [0.3, 0.4) is 0 Å². The van der Waals surface area contributed by atoms with E-state index < -0.39 is 0 Å². The monoisotopic (exact) mass is 193 g/mol. The Morgan fingerprint density at radius 1 is 1.75 bits per heavy atom. The van der Waals surface area contributed by atoms with Crippen molar-refractivity contribution < 1.29 is 9.53 Å². The quantitative estimate of drug-likeness (QED) is 0.680. The zero-order valence-electron chi connectivity index (χ0n) is 7.45. The van der Waals surface area contributed by atoms with E-state index in [0.717, 1.165) is 12.8 Å². The van der Waals surface area contributed by atoms with E-state index in [1.54, 1.807) is 0 Å². The minimum absolute atomic E-state index is 0.